The Balaban J connectivity index is 2.06. The molecule has 0 radical (unpaired) electrons. The van der Waals surface area contributed by atoms with Crippen molar-refractivity contribution < 1.29 is 19.5 Å². The molecule has 24 heavy (non-hydrogen) atoms. The molecule has 0 unspecified atom stereocenters. The van der Waals surface area contributed by atoms with Crippen molar-refractivity contribution in [2.45, 2.75) is 13.8 Å². The number of amides is 1. The molecular weight excluding hydrogens is 308 g/mol. The van der Waals surface area contributed by atoms with E-state index in [0.717, 1.165) is 11.1 Å². The van der Waals surface area contributed by atoms with Crippen LogP contribution in [0.3, 0.4) is 0 Å². The van der Waals surface area contributed by atoms with Crippen molar-refractivity contribution in [1.29, 1.82) is 0 Å². The number of carbonyl (C=O) groups is 1. The zero-order valence-corrected chi connectivity index (χ0v) is 13.2. The van der Waals surface area contributed by atoms with Gasteiger partial charge in [0.05, 0.1) is 0 Å². The Kier molecular flexibility index (Phi) is 3.95. The summed E-state index contributed by atoms with van der Waals surface area (Å²) in [5.74, 6) is -0.432. The van der Waals surface area contributed by atoms with Crippen molar-refractivity contribution in [2.24, 2.45) is 5.16 Å². The van der Waals surface area contributed by atoms with E-state index in [9.17, 15) is 9.90 Å². The summed E-state index contributed by atoms with van der Waals surface area (Å²) in [6, 6.07) is 11.6. The van der Waals surface area contributed by atoms with E-state index >= 15 is 0 Å². The van der Waals surface area contributed by atoms with Gasteiger partial charge in [-0.15, -0.1) is 0 Å². The number of hydrogen-bond donors (Lipinski definition) is 3. The fourth-order valence-electron chi connectivity index (χ4n) is 2.42. The van der Waals surface area contributed by atoms with Gasteiger partial charge in [-0.25, -0.2) is 0 Å². The number of aryl methyl sites for hydroxylation is 1. The Morgan fingerprint density at radius 3 is 2.71 bits per heavy atom. The maximum Gasteiger partial charge on any atom is 0.268 e. The van der Waals surface area contributed by atoms with Crippen LogP contribution in [0.2, 0.25) is 0 Å². The van der Waals surface area contributed by atoms with Crippen molar-refractivity contribution >= 4 is 22.6 Å². The van der Waals surface area contributed by atoms with Crippen molar-refractivity contribution in [3.8, 4) is 5.75 Å². The summed E-state index contributed by atoms with van der Waals surface area (Å²) < 4.78 is 5.40. The molecule has 0 spiro atoms. The number of rotatable bonds is 2. The molecule has 2 aromatic carbocycles. The summed E-state index contributed by atoms with van der Waals surface area (Å²) in [6.07, 6.45) is 0. The van der Waals surface area contributed by atoms with E-state index in [4.69, 9.17) is 9.62 Å². The molecule has 0 aliphatic rings. The molecule has 3 rings (SSSR count). The molecule has 1 amide bonds. The minimum absolute atomic E-state index is 0.0164. The molecule has 0 bridgehead atoms. The molecule has 0 fully saturated rings. The third-order valence-corrected chi connectivity index (χ3v) is 3.92. The molecule has 0 atom stereocenters. The number of phenolic OH excluding ortho intramolecular Hbond substituents is 1. The predicted molar refractivity (Wildman–Crippen MR) is 89.1 cm³/mol. The number of anilines is 1. The average Bonchev–Trinajstić information content (AvgIpc) is 2.57. The lowest BCUT2D eigenvalue weighted by atomic mass is 10.1. The minimum atomic E-state index is -0.449. The molecule has 0 saturated heterocycles. The van der Waals surface area contributed by atoms with Gasteiger partial charge in [0.15, 0.2) is 0 Å². The van der Waals surface area contributed by atoms with Crippen molar-refractivity contribution in [2.75, 3.05) is 5.32 Å². The molecule has 3 aromatic rings. The standard InChI is InChI=1S/C18H16N2O4/c1-10-4-3-5-15(11(10)2)19-17(22)14-8-12-6-7-13(21)9-16(12)24-18(14)20-23/h3-9,21,23H,1-2H3,(H,19,22). The van der Waals surface area contributed by atoms with Gasteiger partial charge in [-0.05, 0) is 54.4 Å². The Bertz CT molecular complexity index is 1010. The van der Waals surface area contributed by atoms with Gasteiger partial charge >= 0.3 is 0 Å². The molecule has 1 aromatic heterocycles. The van der Waals surface area contributed by atoms with Crippen molar-refractivity contribution in [1.82, 2.24) is 0 Å². The Morgan fingerprint density at radius 1 is 1.17 bits per heavy atom. The smallest absolute Gasteiger partial charge is 0.268 e. The van der Waals surface area contributed by atoms with Gasteiger partial charge in [0.1, 0.15) is 16.9 Å². The lowest BCUT2D eigenvalue weighted by Crippen LogP contribution is -2.22. The summed E-state index contributed by atoms with van der Waals surface area (Å²) in [5, 5.41) is 25.1. The zero-order valence-electron chi connectivity index (χ0n) is 13.2. The molecule has 6 nitrogen and oxygen atoms in total. The van der Waals surface area contributed by atoms with Crippen LogP contribution in [-0.4, -0.2) is 16.2 Å². The van der Waals surface area contributed by atoms with E-state index in [0.29, 0.717) is 16.7 Å². The predicted octanol–water partition coefficient (Wildman–Crippen LogP) is 3.30. The fraction of sp³-hybridized carbons (Fsp3) is 0.111. The number of nitrogens with one attached hydrogen (secondary N) is 1. The van der Waals surface area contributed by atoms with Crippen molar-refractivity contribution in [3.63, 3.8) is 0 Å². The van der Waals surface area contributed by atoms with Crippen LogP contribution in [-0.2, 0) is 0 Å². The van der Waals surface area contributed by atoms with Gasteiger partial charge in [0, 0.05) is 17.1 Å². The number of carbonyl (C=O) groups excluding carboxylic acids is 1. The number of benzene rings is 2. The first-order valence-corrected chi connectivity index (χ1v) is 7.32. The monoisotopic (exact) mass is 324 g/mol. The number of fused-ring (bicyclic) bond motifs is 1. The van der Waals surface area contributed by atoms with Gasteiger partial charge in [-0.2, -0.15) is 0 Å². The van der Waals surface area contributed by atoms with E-state index in [1.54, 1.807) is 18.2 Å². The maximum atomic E-state index is 12.6. The van der Waals surface area contributed by atoms with E-state index in [2.05, 4.69) is 10.5 Å². The minimum Gasteiger partial charge on any atom is -0.508 e. The highest BCUT2D eigenvalue weighted by atomic mass is 16.5. The molecule has 1 heterocycles. The zero-order chi connectivity index (χ0) is 17.3. The first-order chi connectivity index (χ1) is 11.5. The molecule has 122 valence electrons. The second-order valence-corrected chi connectivity index (χ2v) is 5.49. The van der Waals surface area contributed by atoms with Crippen molar-refractivity contribution in [3.05, 3.63) is 64.7 Å². The van der Waals surface area contributed by atoms with E-state index in [1.165, 1.54) is 12.1 Å². The Morgan fingerprint density at radius 2 is 1.96 bits per heavy atom. The fourth-order valence-corrected chi connectivity index (χ4v) is 2.42. The number of hydrogen-bond acceptors (Lipinski definition) is 5. The normalized spacial score (nSPS) is 11.7. The second-order valence-electron chi connectivity index (χ2n) is 5.49. The first kappa shape index (κ1) is 15.6. The van der Waals surface area contributed by atoms with Gasteiger partial charge < -0.3 is 20.0 Å². The largest absolute Gasteiger partial charge is 0.508 e. The van der Waals surface area contributed by atoms with Crippen LogP contribution in [0.25, 0.3) is 11.0 Å². The number of nitrogens with zero attached hydrogens (tertiary/aromatic N) is 1. The number of aromatic hydroxyl groups is 1. The van der Waals surface area contributed by atoms with Gasteiger partial charge in [0.2, 0.25) is 0 Å². The van der Waals surface area contributed by atoms with Crippen LogP contribution in [0.4, 0.5) is 5.69 Å². The summed E-state index contributed by atoms with van der Waals surface area (Å²) in [6.45, 7) is 3.87. The van der Waals surface area contributed by atoms with Gasteiger partial charge in [0.25, 0.3) is 11.5 Å². The lowest BCUT2D eigenvalue weighted by molar-refractivity contribution is 0.102. The van der Waals surface area contributed by atoms with Crippen LogP contribution in [0, 0.1) is 13.8 Å². The highest BCUT2D eigenvalue weighted by Gasteiger charge is 2.14. The molecule has 0 aliphatic carbocycles. The summed E-state index contributed by atoms with van der Waals surface area (Å²) in [7, 11) is 0. The van der Waals surface area contributed by atoms with Crippen LogP contribution in [0.1, 0.15) is 21.5 Å². The van der Waals surface area contributed by atoms with Crippen LogP contribution in [0.5, 0.6) is 5.75 Å². The van der Waals surface area contributed by atoms with E-state index < -0.39 is 5.91 Å². The average molecular weight is 324 g/mol. The molecule has 0 aliphatic heterocycles. The third-order valence-electron chi connectivity index (χ3n) is 3.92. The highest BCUT2D eigenvalue weighted by Crippen LogP contribution is 2.21. The van der Waals surface area contributed by atoms with Gasteiger partial charge in [-0.1, -0.05) is 12.1 Å². The van der Waals surface area contributed by atoms with E-state index in [-0.39, 0.29) is 16.9 Å². The van der Waals surface area contributed by atoms with Gasteiger partial charge in [-0.3, -0.25) is 4.79 Å². The lowest BCUT2D eigenvalue weighted by Gasteiger charge is -2.10. The molecular formula is C18H16N2O4. The molecule has 0 saturated carbocycles. The SMILES string of the molecule is Cc1cccc(NC(=O)c2cc3ccc(O)cc3oc2=NO)c1C. The molecule has 6 heteroatoms. The van der Waals surface area contributed by atoms with Crippen LogP contribution < -0.4 is 10.9 Å². The third kappa shape index (κ3) is 2.81. The topological polar surface area (TPSA) is 95.1 Å². The van der Waals surface area contributed by atoms with Crippen LogP contribution >= 0.6 is 0 Å². The number of phenols is 1. The first-order valence-electron chi connectivity index (χ1n) is 7.32. The maximum absolute atomic E-state index is 12.6. The Labute approximate surface area is 137 Å². The summed E-state index contributed by atoms with van der Waals surface area (Å²) in [5.41, 5.74) is 2.86. The summed E-state index contributed by atoms with van der Waals surface area (Å²) in [4.78, 5) is 12.6. The molecule has 3 N–H and O–H groups in total. The summed E-state index contributed by atoms with van der Waals surface area (Å²) >= 11 is 0. The van der Waals surface area contributed by atoms with Crippen LogP contribution in [0.15, 0.2) is 52.0 Å². The Hall–Kier alpha value is -3.28. The second kappa shape index (κ2) is 6.08. The van der Waals surface area contributed by atoms with E-state index in [1.807, 2.05) is 26.0 Å². The quantitative estimate of drug-likeness (QED) is 0.498. The highest BCUT2D eigenvalue weighted by molar-refractivity contribution is 6.05.